The Kier molecular flexibility index (Phi) is 5.59. The molecule has 24 heavy (non-hydrogen) atoms. The Morgan fingerprint density at radius 1 is 1.17 bits per heavy atom. The molecule has 2 aliphatic heterocycles. The number of likely N-dealkylation sites (tertiary alicyclic amines) is 2. The number of amides is 1. The molecule has 0 bridgehead atoms. The Labute approximate surface area is 146 Å². The molecule has 0 radical (unpaired) electrons. The number of rotatable bonds is 4. The van der Waals surface area contributed by atoms with Crippen molar-refractivity contribution in [3.8, 4) is 0 Å². The fourth-order valence-corrected chi connectivity index (χ4v) is 4.33. The zero-order chi connectivity index (χ0) is 17.0. The van der Waals surface area contributed by atoms with E-state index < -0.39 is 0 Å². The molecular weight excluding hydrogens is 300 g/mol. The molecule has 3 heterocycles. The van der Waals surface area contributed by atoms with Crippen molar-refractivity contribution in [2.45, 2.75) is 58.4 Å². The second-order valence-corrected chi connectivity index (χ2v) is 7.68. The molecule has 2 saturated heterocycles. The van der Waals surface area contributed by atoms with Gasteiger partial charge in [-0.1, -0.05) is 6.92 Å². The number of hydrogen-bond donors (Lipinski definition) is 0. The monoisotopic (exact) mass is 332 g/mol. The van der Waals surface area contributed by atoms with Gasteiger partial charge >= 0.3 is 0 Å². The molecule has 5 heteroatoms. The van der Waals surface area contributed by atoms with Gasteiger partial charge in [-0.25, -0.2) is 4.98 Å². The molecule has 0 unspecified atom stereocenters. The number of nitrogens with zero attached hydrogens (tertiary/aromatic N) is 4. The zero-order valence-corrected chi connectivity index (χ0v) is 15.3. The van der Waals surface area contributed by atoms with Gasteiger partial charge in [-0.3, -0.25) is 4.79 Å². The van der Waals surface area contributed by atoms with Crippen LogP contribution >= 0.6 is 0 Å². The van der Waals surface area contributed by atoms with Crippen LogP contribution in [0.4, 0.5) is 0 Å². The highest BCUT2D eigenvalue weighted by atomic mass is 16.2. The molecule has 5 nitrogen and oxygen atoms in total. The first-order valence-electron chi connectivity index (χ1n) is 9.58. The van der Waals surface area contributed by atoms with Gasteiger partial charge in [0, 0.05) is 44.9 Å². The predicted molar refractivity (Wildman–Crippen MR) is 95.8 cm³/mol. The molecule has 1 aromatic rings. The lowest BCUT2D eigenvalue weighted by atomic mass is 9.73. The quantitative estimate of drug-likeness (QED) is 0.851. The molecule has 3 rings (SSSR count). The fourth-order valence-electron chi connectivity index (χ4n) is 4.33. The van der Waals surface area contributed by atoms with E-state index in [1.165, 1.54) is 45.2 Å². The summed E-state index contributed by atoms with van der Waals surface area (Å²) in [7, 11) is 2.22. The Hall–Kier alpha value is -1.36. The van der Waals surface area contributed by atoms with E-state index in [2.05, 4.69) is 33.3 Å². The van der Waals surface area contributed by atoms with Crippen molar-refractivity contribution in [1.82, 2.24) is 19.4 Å². The average Bonchev–Trinajstić information content (AvgIpc) is 2.95. The summed E-state index contributed by atoms with van der Waals surface area (Å²) < 4.78 is 2.12. The van der Waals surface area contributed by atoms with Crippen LogP contribution < -0.4 is 0 Å². The minimum absolute atomic E-state index is 0.315. The number of hydrogen-bond acceptors (Lipinski definition) is 3. The number of imidazole rings is 1. The summed E-state index contributed by atoms with van der Waals surface area (Å²) in [5, 5.41) is 0. The molecule has 0 atom stereocenters. The molecule has 1 amide bonds. The van der Waals surface area contributed by atoms with E-state index in [1.807, 2.05) is 12.4 Å². The van der Waals surface area contributed by atoms with Crippen molar-refractivity contribution in [3.05, 3.63) is 18.2 Å². The Bertz CT molecular complexity index is 545. The third-order valence-electron chi connectivity index (χ3n) is 6.13. The summed E-state index contributed by atoms with van der Waals surface area (Å²) >= 11 is 0. The summed E-state index contributed by atoms with van der Waals surface area (Å²) in [5.74, 6) is 1.39. The van der Waals surface area contributed by atoms with E-state index in [-0.39, 0.29) is 0 Å². The normalized spacial score (nSPS) is 21.8. The second kappa shape index (κ2) is 7.68. The highest BCUT2D eigenvalue weighted by molar-refractivity contribution is 5.76. The molecule has 0 saturated carbocycles. The smallest absolute Gasteiger partial charge is 0.224 e. The maximum atomic E-state index is 12.7. The van der Waals surface area contributed by atoms with Gasteiger partial charge in [-0.15, -0.1) is 0 Å². The highest BCUT2D eigenvalue weighted by Crippen LogP contribution is 2.40. The van der Waals surface area contributed by atoms with Crippen molar-refractivity contribution in [2.75, 3.05) is 33.2 Å². The second-order valence-electron chi connectivity index (χ2n) is 7.68. The molecule has 0 aliphatic carbocycles. The van der Waals surface area contributed by atoms with Gasteiger partial charge in [0.15, 0.2) is 0 Å². The van der Waals surface area contributed by atoms with Crippen molar-refractivity contribution in [1.29, 1.82) is 0 Å². The maximum Gasteiger partial charge on any atom is 0.224 e. The Morgan fingerprint density at radius 2 is 1.92 bits per heavy atom. The first-order valence-corrected chi connectivity index (χ1v) is 9.58. The van der Waals surface area contributed by atoms with Crippen molar-refractivity contribution < 1.29 is 4.79 Å². The van der Waals surface area contributed by atoms with Gasteiger partial charge in [-0.2, -0.15) is 0 Å². The van der Waals surface area contributed by atoms with Gasteiger partial charge in [0.05, 0.1) is 0 Å². The van der Waals surface area contributed by atoms with Crippen molar-refractivity contribution >= 4 is 5.91 Å². The molecule has 2 aliphatic rings. The third-order valence-corrected chi connectivity index (χ3v) is 6.13. The van der Waals surface area contributed by atoms with Crippen LogP contribution in [0.1, 0.15) is 51.3 Å². The number of piperidine rings is 1. The lowest BCUT2D eigenvalue weighted by Crippen LogP contribution is -2.39. The van der Waals surface area contributed by atoms with Crippen LogP contribution in [0.15, 0.2) is 12.4 Å². The first-order chi connectivity index (χ1) is 11.6. The molecule has 134 valence electrons. The van der Waals surface area contributed by atoms with Crippen molar-refractivity contribution in [2.24, 2.45) is 5.41 Å². The third kappa shape index (κ3) is 4.00. The molecule has 2 fully saturated rings. The van der Waals surface area contributed by atoms with Gasteiger partial charge in [0.1, 0.15) is 5.82 Å². The van der Waals surface area contributed by atoms with Gasteiger partial charge in [-0.05, 0) is 57.7 Å². The lowest BCUT2D eigenvalue weighted by molar-refractivity contribution is -0.131. The van der Waals surface area contributed by atoms with Gasteiger partial charge in [0.2, 0.25) is 5.91 Å². The summed E-state index contributed by atoms with van der Waals surface area (Å²) in [6.07, 6.45) is 11.6. The Morgan fingerprint density at radius 3 is 2.67 bits per heavy atom. The first kappa shape index (κ1) is 17.5. The summed E-state index contributed by atoms with van der Waals surface area (Å²) in [5.41, 5.74) is 0.501. The zero-order valence-electron chi connectivity index (χ0n) is 15.3. The van der Waals surface area contributed by atoms with E-state index in [4.69, 9.17) is 0 Å². The van der Waals surface area contributed by atoms with E-state index in [9.17, 15) is 4.79 Å². The van der Waals surface area contributed by atoms with Crippen LogP contribution in [0.3, 0.4) is 0 Å². The molecular formula is C19H32N4O. The van der Waals surface area contributed by atoms with E-state index in [1.54, 1.807) is 0 Å². The van der Waals surface area contributed by atoms with Crippen LogP contribution in [-0.2, 0) is 17.8 Å². The van der Waals surface area contributed by atoms with Crippen molar-refractivity contribution in [3.63, 3.8) is 0 Å². The van der Waals surface area contributed by atoms with Crippen LogP contribution in [0.5, 0.6) is 0 Å². The SMILES string of the molecule is CCc1nccn1CCC(=O)N1CCCC2(CCN(C)CC2)CC1. The van der Waals surface area contributed by atoms with Gasteiger partial charge in [0.25, 0.3) is 0 Å². The number of aryl methyl sites for hydroxylation is 2. The lowest BCUT2D eigenvalue weighted by Gasteiger charge is -2.40. The van der Waals surface area contributed by atoms with Crippen LogP contribution in [-0.4, -0.2) is 58.5 Å². The van der Waals surface area contributed by atoms with E-state index in [0.717, 1.165) is 31.9 Å². The maximum absolute atomic E-state index is 12.7. The number of aromatic nitrogens is 2. The van der Waals surface area contributed by atoms with E-state index in [0.29, 0.717) is 17.7 Å². The number of carbonyl (C=O) groups is 1. The highest BCUT2D eigenvalue weighted by Gasteiger charge is 2.35. The average molecular weight is 332 g/mol. The van der Waals surface area contributed by atoms with Crippen LogP contribution in [0.2, 0.25) is 0 Å². The van der Waals surface area contributed by atoms with E-state index >= 15 is 0 Å². The molecule has 0 aromatic carbocycles. The largest absolute Gasteiger partial charge is 0.343 e. The summed E-state index contributed by atoms with van der Waals surface area (Å²) in [4.78, 5) is 21.6. The van der Waals surface area contributed by atoms with Crippen LogP contribution in [0.25, 0.3) is 0 Å². The molecule has 0 N–H and O–H groups in total. The minimum Gasteiger partial charge on any atom is -0.343 e. The fraction of sp³-hybridized carbons (Fsp3) is 0.789. The van der Waals surface area contributed by atoms with Crippen LogP contribution in [0, 0.1) is 5.41 Å². The molecule has 1 spiro atoms. The predicted octanol–water partition coefficient (Wildman–Crippen LogP) is 2.56. The summed E-state index contributed by atoms with van der Waals surface area (Å²) in [6, 6.07) is 0. The molecule has 1 aromatic heterocycles. The summed E-state index contributed by atoms with van der Waals surface area (Å²) in [6.45, 7) is 7.20. The minimum atomic E-state index is 0.315. The topological polar surface area (TPSA) is 41.4 Å². The standard InChI is InChI=1S/C19H32N4O/c1-3-17-20-10-16-22(17)12-5-18(24)23-11-4-6-19(9-15-23)7-13-21(2)14-8-19/h10,16H,3-9,11-15H2,1-2H3. The Balaban J connectivity index is 1.51. The van der Waals surface area contributed by atoms with Gasteiger partial charge < -0.3 is 14.4 Å². The number of carbonyl (C=O) groups excluding carboxylic acids is 1.